The predicted molar refractivity (Wildman–Crippen MR) is 135 cm³/mol. The van der Waals surface area contributed by atoms with Gasteiger partial charge in [-0.3, -0.25) is 9.59 Å². The highest BCUT2D eigenvalue weighted by atomic mass is 19.1. The summed E-state index contributed by atoms with van der Waals surface area (Å²) in [5, 5.41) is 0. The van der Waals surface area contributed by atoms with E-state index in [0.29, 0.717) is 17.9 Å². The van der Waals surface area contributed by atoms with Gasteiger partial charge in [0.15, 0.2) is 0 Å². The number of nitrogens with zero attached hydrogens (tertiary/aromatic N) is 2. The molecule has 2 atom stereocenters. The van der Waals surface area contributed by atoms with Crippen molar-refractivity contribution in [3.05, 3.63) is 65.5 Å². The average Bonchev–Trinajstić information content (AvgIpc) is 2.87. The van der Waals surface area contributed by atoms with Crippen molar-refractivity contribution in [1.82, 2.24) is 9.80 Å². The number of hydrogen-bond acceptors (Lipinski definition) is 3. The zero-order valence-electron chi connectivity index (χ0n) is 20.8. The van der Waals surface area contributed by atoms with Crippen molar-refractivity contribution in [1.29, 1.82) is 0 Å². The SMILES string of the molecule is CN1CCCCCCCN(C(=O)Cc2ccc(F)cc2)[C@@H]2CCCC[C@@H]2Oc2ccccc2C1=O. The second kappa shape index (κ2) is 12.2. The van der Waals surface area contributed by atoms with Crippen molar-refractivity contribution in [2.45, 2.75) is 76.4 Å². The molecule has 1 aliphatic carbocycles. The van der Waals surface area contributed by atoms with Crippen LogP contribution in [0.4, 0.5) is 4.39 Å². The van der Waals surface area contributed by atoms with Gasteiger partial charge in [0.05, 0.1) is 18.0 Å². The standard InChI is InChI=1S/C29H37FN2O3/c1-31-19-9-3-2-4-10-20-32(28(33)21-22-15-17-23(30)18-16-22)25-12-6-8-14-27(25)35-26-13-7-5-11-24(26)29(31)34/h5,7,11,13,15-18,25,27H,2-4,6,8-10,12,14,19-21H2,1H3/t25-,27+/m1/s1. The number of amides is 2. The molecular weight excluding hydrogens is 443 g/mol. The van der Waals surface area contributed by atoms with Crippen molar-refractivity contribution in [2.75, 3.05) is 20.1 Å². The quantitative estimate of drug-likeness (QED) is 0.560. The highest BCUT2D eigenvalue weighted by Gasteiger charge is 2.35. The third kappa shape index (κ3) is 6.62. The number of benzene rings is 2. The van der Waals surface area contributed by atoms with Crippen LogP contribution in [-0.2, 0) is 11.2 Å². The van der Waals surface area contributed by atoms with E-state index in [1.165, 1.54) is 12.1 Å². The number of halogens is 1. The fourth-order valence-corrected chi connectivity index (χ4v) is 5.30. The normalized spacial score (nSPS) is 22.3. The molecule has 1 heterocycles. The van der Waals surface area contributed by atoms with Gasteiger partial charge in [0.2, 0.25) is 5.91 Å². The molecule has 1 fully saturated rings. The van der Waals surface area contributed by atoms with E-state index < -0.39 is 0 Å². The Morgan fingerprint density at radius 2 is 1.60 bits per heavy atom. The van der Waals surface area contributed by atoms with E-state index in [9.17, 15) is 14.0 Å². The maximum atomic E-state index is 13.6. The molecule has 0 aromatic heterocycles. The molecule has 2 aromatic rings. The Bertz CT molecular complexity index is 994. The van der Waals surface area contributed by atoms with Crippen LogP contribution in [0.5, 0.6) is 5.75 Å². The van der Waals surface area contributed by atoms with Crippen molar-refractivity contribution >= 4 is 11.8 Å². The molecule has 0 unspecified atom stereocenters. The Hall–Kier alpha value is -2.89. The molecule has 6 heteroatoms. The van der Waals surface area contributed by atoms with Crippen molar-refractivity contribution in [3.8, 4) is 5.75 Å². The Balaban J connectivity index is 1.61. The van der Waals surface area contributed by atoms with Crippen molar-refractivity contribution in [2.24, 2.45) is 0 Å². The van der Waals surface area contributed by atoms with E-state index in [0.717, 1.165) is 69.9 Å². The third-order valence-corrected chi connectivity index (χ3v) is 7.29. The summed E-state index contributed by atoms with van der Waals surface area (Å²) in [5.74, 6) is 0.342. The molecule has 0 N–H and O–H groups in total. The maximum Gasteiger partial charge on any atom is 0.257 e. The van der Waals surface area contributed by atoms with Gasteiger partial charge in [-0.1, -0.05) is 49.9 Å². The lowest BCUT2D eigenvalue weighted by Crippen LogP contribution is -2.51. The molecule has 1 saturated carbocycles. The van der Waals surface area contributed by atoms with Crippen LogP contribution in [0.3, 0.4) is 0 Å². The van der Waals surface area contributed by atoms with Gasteiger partial charge in [-0.25, -0.2) is 4.39 Å². The summed E-state index contributed by atoms with van der Waals surface area (Å²) in [7, 11) is 1.86. The van der Waals surface area contributed by atoms with E-state index >= 15 is 0 Å². The predicted octanol–water partition coefficient (Wildman–Crippen LogP) is 5.62. The van der Waals surface area contributed by atoms with E-state index in [2.05, 4.69) is 0 Å². The molecule has 2 amide bonds. The van der Waals surface area contributed by atoms with Gasteiger partial charge in [0.25, 0.3) is 5.91 Å². The second-order valence-corrected chi connectivity index (χ2v) is 9.89. The van der Waals surface area contributed by atoms with Crippen LogP contribution in [0, 0.1) is 5.82 Å². The molecular formula is C29H37FN2O3. The number of carbonyl (C=O) groups is 2. The summed E-state index contributed by atoms with van der Waals surface area (Å²) in [5.41, 5.74) is 1.40. The zero-order valence-corrected chi connectivity index (χ0v) is 20.8. The molecule has 5 nitrogen and oxygen atoms in total. The van der Waals surface area contributed by atoms with E-state index in [-0.39, 0.29) is 36.2 Å². The summed E-state index contributed by atoms with van der Waals surface area (Å²) in [6.07, 6.45) is 9.03. The lowest BCUT2D eigenvalue weighted by molar-refractivity contribution is -0.136. The van der Waals surface area contributed by atoms with Crippen LogP contribution in [0.25, 0.3) is 0 Å². The van der Waals surface area contributed by atoms with Crippen molar-refractivity contribution < 1.29 is 18.7 Å². The van der Waals surface area contributed by atoms with E-state index in [1.54, 1.807) is 17.0 Å². The average molecular weight is 481 g/mol. The Labute approximate surface area is 208 Å². The zero-order chi connectivity index (χ0) is 24.6. The highest BCUT2D eigenvalue weighted by molar-refractivity contribution is 5.96. The Morgan fingerprint density at radius 1 is 0.914 bits per heavy atom. The third-order valence-electron chi connectivity index (χ3n) is 7.29. The topological polar surface area (TPSA) is 49.9 Å². The smallest absolute Gasteiger partial charge is 0.257 e. The van der Waals surface area contributed by atoms with Crippen molar-refractivity contribution in [3.63, 3.8) is 0 Å². The van der Waals surface area contributed by atoms with Crippen LogP contribution in [0.1, 0.15) is 73.7 Å². The Kier molecular flexibility index (Phi) is 8.78. The van der Waals surface area contributed by atoms with Crippen LogP contribution in [0.15, 0.2) is 48.5 Å². The van der Waals surface area contributed by atoms with E-state index in [4.69, 9.17) is 4.74 Å². The molecule has 35 heavy (non-hydrogen) atoms. The van der Waals surface area contributed by atoms with E-state index in [1.807, 2.05) is 36.2 Å². The number of ether oxygens (including phenoxy) is 1. The first-order chi connectivity index (χ1) is 17.0. The molecule has 0 saturated heterocycles. The fraction of sp³-hybridized carbons (Fsp3) is 0.517. The Morgan fingerprint density at radius 3 is 2.40 bits per heavy atom. The summed E-state index contributed by atoms with van der Waals surface area (Å²) in [4.78, 5) is 30.6. The molecule has 1 aliphatic heterocycles. The maximum absolute atomic E-state index is 13.6. The lowest BCUT2D eigenvalue weighted by Gasteiger charge is -2.40. The molecule has 188 valence electrons. The first-order valence-corrected chi connectivity index (χ1v) is 13.1. The van der Waals surface area contributed by atoms with Gasteiger partial charge in [0.1, 0.15) is 17.7 Å². The molecule has 0 bridgehead atoms. The monoisotopic (exact) mass is 480 g/mol. The van der Waals surface area contributed by atoms with Gasteiger partial charge in [-0.2, -0.15) is 0 Å². The van der Waals surface area contributed by atoms with Gasteiger partial charge >= 0.3 is 0 Å². The molecule has 2 aromatic carbocycles. The van der Waals surface area contributed by atoms with Crippen LogP contribution >= 0.6 is 0 Å². The van der Waals surface area contributed by atoms with Gasteiger partial charge in [0, 0.05) is 20.1 Å². The number of carbonyl (C=O) groups excluding carboxylic acids is 2. The highest BCUT2D eigenvalue weighted by Crippen LogP contribution is 2.31. The molecule has 2 aliphatic rings. The minimum atomic E-state index is -0.296. The largest absolute Gasteiger partial charge is 0.487 e. The molecule has 0 spiro atoms. The van der Waals surface area contributed by atoms with Gasteiger partial charge in [-0.05, 0) is 61.9 Å². The summed E-state index contributed by atoms with van der Waals surface area (Å²) in [6, 6.07) is 13.6. The minimum absolute atomic E-state index is 0.0212. The lowest BCUT2D eigenvalue weighted by atomic mass is 9.90. The molecule has 4 rings (SSSR count). The van der Waals surface area contributed by atoms with Gasteiger partial charge < -0.3 is 14.5 Å². The number of hydrogen-bond donors (Lipinski definition) is 0. The summed E-state index contributed by atoms with van der Waals surface area (Å²) >= 11 is 0. The summed E-state index contributed by atoms with van der Waals surface area (Å²) < 4.78 is 19.9. The van der Waals surface area contributed by atoms with Crippen LogP contribution in [0.2, 0.25) is 0 Å². The number of fused-ring (bicyclic) bond motifs is 2. The fourth-order valence-electron chi connectivity index (χ4n) is 5.30. The first kappa shape index (κ1) is 25.2. The summed E-state index contributed by atoms with van der Waals surface area (Å²) in [6.45, 7) is 1.42. The van der Waals surface area contributed by atoms with Crippen LogP contribution in [-0.4, -0.2) is 53.9 Å². The second-order valence-electron chi connectivity index (χ2n) is 9.89. The molecule has 0 radical (unpaired) electrons. The van der Waals surface area contributed by atoms with Gasteiger partial charge in [-0.15, -0.1) is 0 Å². The first-order valence-electron chi connectivity index (χ1n) is 13.1. The minimum Gasteiger partial charge on any atom is -0.487 e. The number of rotatable bonds is 2. The number of para-hydroxylation sites is 1. The van der Waals surface area contributed by atoms with Crippen LogP contribution < -0.4 is 4.74 Å².